The smallest absolute Gasteiger partial charge is 0.310 e. The highest BCUT2D eigenvalue weighted by Crippen LogP contribution is 2.29. The van der Waals surface area contributed by atoms with E-state index in [1.165, 1.54) is 6.92 Å². The number of alkyl halides is 2. The largest absolute Gasteiger partial charge is 0.469 e. The van der Waals surface area contributed by atoms with Crippen LogP contribution in [0, 0.1) is 17.0 Å². The summed E-state index contributed by atoms with van der Waals surface area (Å²) < 4.78 is 29.5. The molecule has 6 nitrogen and oxygen atoms in total. The number of carbonyl (C=O) groups is 1. The highest BCUT2D eigenvalue weighted by molar-refractivity contribution is 5.73. The number of halogens is 2. The first-order chi connectivity index (χ1) is 8.36. The Bertz CT molecular complexity index is 491. The van der Waals surface area contributed by atoms with E-state index in [1.54, 1.807) is 0 Å². The topological polar surface area (TPSA) is 82.3 Å². The van der Waals surface area contributed by atoms with Crippen LogP contribution in [0.15, 0.2) is 6.07 Å². The molecule has 1 heterocycles. The van der Waals surface area contributed by atoms with Crippen molar-refractivity contribution in [2.75, 3.05) is 7.11 Å². The van der Waals surface area contributed by atoms with Gasteiger partial charge in [-0.2, -0.15) is 0 Å². The van der Waals surface area contributed by atoms with E-state index in [4.69, 9.17) is 0 Å². The molecule has 0 radical (unpaired) electrons. The Hall–Kier alpha value is -2.12. The number of carbonyl (C=O) groups excluding carboxylic acids is 1. The minimum absolute atomic E-state index is 0.140. The molecule has 0 fully saturated rings. The Morgan fingerprint density at radius 2 is 2.22 bits per heavy atom. The van der Waals surface area contributed by atoms with Gasteiger partial charge in [0.1, 0.15) is 0 Å². The molecular formula is C10H10F2N2O4. The number of ether oxygens (including phenoxy) is 1. The fraction of sp³-hybridized carbons (Fsp3) is 0.400. The van der Waals surface area contributed by atoms with Crippen LogP contribution < -0.4 is 0 Å². The van der Waals surface area contributed by atoms with Gasteiger partial charge in [-0.25, -0.2) is 13.8 Å². The maximum absolute atomic E-state index is 12.6. The monoisotopic (exact) mass is 260 g/mol. The third kappa shape index (κ3) is 2.96. The third-order valence-electron chi connectivity index (χ3n) is 2.29. The second-order valence-electron chi connectivity index (χ2n) is 3.45. The Kier molecular flexibility index (Phi) is 4.24. The number of hydrogen-bond donors (Lipinski definition) is 0. The van der Waals surface area contributed by atoms with E-state index in [9.17, 15) is 23.7 Å². The summed E-state index contributed by atoms with van der Waals surface area (Å²) in [6, 6.07) is 0.931. The minimum atomic E-state index is -3.05. The predicted octanol–water partition coefficient (Wildman–Crippen LogP) is 1.95. The zero-order chi connectivity index (χ0) is 13.9. The average molecular weight is 260 g/mol. The summed E-state index contributed by atoms with van der Waals surface area (Å²) in [6.07, 6.45) is -3.30. The number of nitrogens with zero attached hydrogens (tertiary/aromatic N) is 2. The van der Waals surface area contributed by atoms with Crippen LogP contribution in [0.2, 0.25) is 0 Å². The van der Waals surface area contributed by atoms with Crippen molar-refractivity contribution in [3.8, 4) is 0 Å². The van der Waals surface area contributed by atoms with Gasteiger partial charge in [0.05, 0.1) is 18.5 Å². The molecule has 1 aromatic heterocycles. The van der Waals surface area contributed by atoms with Gasteiger partial charge < -0.3 is 4.74 Å². The molecule has 0 saturated carbocycles. The fourth-order valence-corrected chi connectivity index (χ4v) is 1.37. The number of nitro groups is 1. The van der Waals surface area contributed by atoms with Gasteiger partial charge in [0.25, 0.3) is 12.1 Å². The molecule has 0 unspecified atom stereocenters. The van der Waals surface area contributed by atoms with Gasteiger partial charge in [0.2, 0.25) is 0 Å². The second-order valence-corrected chi connectivity index (χ2v) is 3.45. The van der Waals surface area contributed by atoms with E-state index in [0.717, 1.165) is 13.2 Å². The zero-order valence-electron chi connectivity index (χ0n) is 9.65. The van der Waals surface area contributed by atoms with Gasteiger partial charge >= 0.3 is 5.97 Å². The molecule has 0 spiro atoms. The highest BCUT2D eigenvalue weighted by Gasteiger charge is 2.25. The Labute approximate surface area is 101 Å². The molecule has 0 aliphatic carbocycles. The first-order valence-corrected chi connectivity index (χ1v) is 4.86. The lowest BCUT2D eigenvalue weighted by molar-refractivity contribution is -0.386. The SMILES string of the molecule is COC(=O)Cc1cc([N+](=O)[O-])c(C(F)F)nc1C. The van der Waals surface area contributed by atoms with Gasteiger partial charge in [-0.1, -0.05) is 0 Å². The van der Waals surface area contributed by atoms with E-state index in [-0.39, 0.29) is 17.7 Å². The first kappa shape index (κ1) is 13.9. The molecule has 18 heavy (non-hydrogen) atoms. The van der Waals surface area contributed by atoms with E-state index in [0.29, 0.717) is 0 Å². The van der Waals surface area contributed by atoms with Gasteiger partial charge in [-0.05, 0) is 12.5 Å². The summed E-state index contributed by atoms with van der Waals surface area (Å²) in [5.41, 5.74) is -1.36. The molecule has 0 aliphatic heterocycles. The highest BCUT2D eigenvalue weighted by atomic mass is 19.3. The molecule has 0 bridgehead atoms. The fourth-order valence-electron chi connectivity index (χ4n) is 1.37. The van der Waals surface area contributed by atoms with E-state index in [1.807, 2.05) is 0 Å². The number of rotatable bonds is 4. The molecule has 1 aromatic rings. The summed E-state index contributed by atoms with van der Waals surface area (Å²) in [4.78, 5) is 24.3. The van der Waals surface area contributed by atoms with Crippen LogP contribution in [0.25, 0.3) is 0 Å². The number of aryl methyl sites for hydroxylation is 1. The van der Waals surface area contributed by atoms with E-state index in [2.05, 4.69) is 9.72 Å². The maximum atomic E-state index is 12.6. The van der Waals surface area contributed by atoms with Crippen LogP contribution in [-0.2, 0) is 16.0 Å². The van der Waals surface area contributed by atoms with Gasteiger partial charge in [0, 0.05) is 11.8 Å². The van der Waals surface area contributed by atoms with Crippen molar-refractivity contribution in [3.63, 3.8) is 0 Å². The van der Waals surface area contributed by atoms with E-state index >= 15 is 0 Å². The average Bonchev–Trinajstić information content (AvgIpc) is 2.30. The van der Waals surface area contributed by atoms with Gasteiger partial charge in [-0.3, -0.25) is 14.9 Å². The lowest BCUT2D eigenvalue weighted by atomic mass is 10.1. The van der Waals surface area contributed by atoms with Crippen LogP contribution in [-0.4, -0.2) is 23.0 Å². The summed E-state index contributed by atoms with van der Waals surface area (Å²) >= 11 is 0. The van der Waals surface area contributed by atoms with Crippen molar-refractivity contribution in [3.05, 3.63) is 33.1 Å². The molecule has 0 atom stereocenters. The van der Waals surface area contributed by atoms with Gasteiger partial charge in [0.15, 0.2) is 5.69 Å². The predicted molar refractivity (Wildman–Crippen MR) is 56.3 cm³/mol. The van der Waals surface area contributed by atoms with Crippen LogP contribution in [0.5, 0.6) is 0 Å². The first-order valence-electron chi connectivity index (χ1n) is 4.86. The Balaban J connectivity index is 3.27. The van der Waals surface area contributed by atoms with Crippen molar-refractivity contribution in [1.29, 1.82) is 0 Å². The molecular weight excluding hydrogens is 250 g/mol. The quantitative estimate of drug-likeness (QED) is 0.469. The van der Waals surface area contributed by atoms with Crippen molar-refractivity contribution in [2.24, 2.45) is 0 Å². The standard InChI is InChI=1S/C10H10F2N2O4/c1-5-6(4-8(15)18-2)3-7(14(16)17)9(13-5)10(11)12/h3,10H,4H2,1-2H3. The normalized spacial score (nSPS) is 10.5. The number of aromatic nitrogens is 1. The maximum Gasteiger partial charge on any atom is 0.310 e. The molecule has 0 aliphatic rings. The van der Waals surface area contributed by atoms with Crippen LogP contribution in [0.1, 0.15) is 23.4 Å². The summed E-state index contributed by atoms with van der Waals surface area (Å²) in [5.74, 6) is -0.626. The molecule has 0 aromatic carbocycles. The molecule has 1 rings (SSSR count). The molecule has 0 saturated heterocycles. The summed E-state index contributed by atoms with van der Waals surface area (Å²) in [7, 11) is 1.16. The zero-order valence-corrected chi connectivity index (χ0v) is 9.65. The van der Waals surface area contributed by atoms with Crippen molar-refractivity contribution < 1.29 is 23.2 Å². The Morgan fingerprint density at radius 1 is 1.61 bits per heavy atom. The number of esters is 1. The lowest BCUT2D eigenvalue weighted by Crippen LogP contribution is -2.09. The third-order valence-corrected chi connectivity index (χ3v) is 2.29. The summed E-state index contributed by atoms with van der Waals surface area (Å²) in [5, 5.41) is 10.7. The van der Waals surface area contributed by atoms with Crippen LogP contribution in [0.4, 0.5) is 14.5 Å². The van der Waals surface area contributed by atoms with E-state index < -0.39 is 28.7 Å². The van der Waals surface area contributed by atoms with Crippen molar-refractivity contribution >= 4 is 11.7 Å². The number of pyridine rings is 1. The van der Waals surface area contributed by atoms with Gasteiger partial charge in [-0.15, -0.1) is 0 Å². The van der Waals surface area contributed by atoms with Crippen LogP contribution in [0.3, 0.4) is 0 Å². The molecule has 0 amide bonds. The summed E-state index contributed by atoms with van der Waals surface area (Å²) in [6.45, 7) is 1.40. The minimum Gasteiger partial charge on any atom is -0.469 e. The van der Waals surface area contributed by atoms with Crippen LogP contribution >= 0.6 is 0 Å². The van der Waals surface area contributed by atoms with Crippen molar-refractivity contribution in [1.82, 2.24) is 4.98 Å². The lowest BCUT2D eigenvalue weighted by Gasteiger charge is -2.07. The number of hydrogen-bond acceptors (Lipinski definition) is 5. The molecule has 8 heteroatoms. The molecule has 98 valence electrons. The van der Waals surface area contributed by atoms with Crippen molar-refractivity contribution in [2.45, 2.75) is 19.8 Å². The Morgan fingerprint density at radius 3 is 2.67 bits per heavy atom. The molecule has 0 N–H and O–H groups in total. The second kappa shape index (κ2) is 5.48. The number of methoxy groups -OCH3 is 1.